The van der Waals surface area contributed by atoms with Crippen LogP contribution in [0.3, 0.4) is 0 Å². The van der Waals surface area contributed by atoms with Crippen LogP contribution in [0.25, 0.3) is 0 Å². The molecule has 3 nitrogen and oxygen atoms in total. The smallest absolute Gasteiger partial charge is 0.270 e. The maximum Gasteiger partial charge on any atom is 0.270 e. The van der Waals surface area contributed by atoms with Gasteiger partial charge in [-0.3, -0.25) is 4.79 Å². The minimum absolute atomic E-state index is 0.0270. The van der Waals surface area contributed by atoms with E-state index in [1.54, 1.807) is 12.3 Å². The molecule has 0 aliphatic heterocycles. The van der Waals surface area contributed by atoms with Gasteiger partial charge in [0.25, 0.3) is 5.91 Å². The standard InChI is InChI=1S/C16H17BrN2O/c1-2-6-14(12-7-4-3-5-8-12)19-16(20)15-10-9-13(17)11-18-15/h3-5,7-11,14H,2,6H2,1H3,(H,19,20). The Morgan fingerprint density at radius 2 is 2.00 bits per heavy atom. The van der Waals surface area contributed by atoms with Gasteiger partial charge in [0.15, 0.2) is 0 Å². The van der Waals surface area contributed by atoms with Crippen molar-refractivity contribution in [1.82, 2.24) is 10.3 Å². The van der Waals surface area contributed by atoms with Gasteiger partial charge in [-0.1, -0.05) is 43.7 Å². The number of nitrogens with one attached hydrogen (secondary N) is 1. The second-order valence-corrected chi connectivity index (χ2v) is 5.50. The molecule has 2 rings (SSSR count). The summed E-state index contributed by atoms with van der Waals surface area (Å²) in [7, 11) is 0. The zero-order valence-electron chi connectivity index (χ0n) is 11.3. The van der Waals surface area contributed by atoms with Crippen LogP contribution < -0.4 is 5.32 Å². The Kier molecular flexibility index (Phi) is 5.30. The van der Waals surface area contributed by atoms with Gasteiger partial charge in [0, 0.05) is 10.7 Å². The summed E-state index contributed by atoms with van der Waals surface area (Å²) < 4.78 is 0.863. The lowest BCUT2D eigenvalue weighted by Gasteiger charge is -2.18. The summed E-state index contributed by atoms with van der Waals surface area (Å²) in [5.41, 5.74) is 1.56. The molecular weight excluding hydrogens is 316 g/mol. The normalized spacial score (nSPS) is 11.9. The predicted octanol–water partition coefficient (Wildman–Crippen LogP) is 4.12. The topological polar surface area (TPSA) is 42.0 Å². The highest BCUT2D eigenvalue weighted by molar-refractivity contribution is 9.10. The summed E-state index contributed by atoms with van der Waals surface area (Å²) in [6.07, 6.45) is 3.55. The van der Waals surface area contributed by atoms with E-state index in [2.05, 4.69) is 33.2 Å². The van der Waals surface area contributed by atoms with Crippen LogP contribution in [0.2, 0.25) is 0 Å². The molecule has 0 saturated heterocycles. The van der Waals surface area contributed by atoms with E-state index < -0.39 is 0 Å². The zero-order valence-corrected chi connectivity index (χ0v) is 12.9. The fourth-order valence-electron chi connectivity index (χ4n) is 2.04. The van der Waals surface area contributed by atoms with Crippen molar-refractivity contribution in [3.63, 3.8) is 0 Å². The van der Waals surface area contributed by atoms with Crippen LogP contribution in [0.5, 0.6) is 0 Å². The monoisotopic (exact) mass is 332 g/mol. The Morgan fingerprint density at radius 3 is 2.60 bits per heavy atom. The lowest BCUT2D eigenvalue weighted by atomic mass is 10.0. The summed E-state index contributed by atoms with van der Waals surface area (Å²) in [5.74, 6) is -0.139. The summed E-state index contributed by atoms with van der Waals surface area (Å²) in [6.45, 7) is 2.11. The first-order valence-corrected chi connectivity index (χ1v) is 7.47. The first-order chi connectivity index (χ1) is 9.70. The Hall–Kier alpha value is -1.68. The third-order valence-electron chi connectivity index (χ3n) is 3.04. The molecule has 2 aromatic rings. The number of carbonyl (C=O) groups excluding carboxylic acids is 1. The second-order valence-electron chi connectivity index (χ2n) is 4.59. The average Bonchev–Trinajstić information content (AvgIpc) is 2.48. The molecule has 1 amide bonds. The Bertz CT molecular complexity index is 554. The van der Waals surface area contributed by atoms with E-state index in [9.17, 15) is 4.79 Å². The van der Waals surface area contributed by atoms with Crippen molar-refractivity contribution >= 4 is 21.8 Å². The quantitative estimate of drug-likeness (QED) is 0.894. The molecule has 0 bridgehead atoms. The first kappa shape index (κ1) is 14.7. The highest BCUT2D eigenvalue weighted by atomic mass is 79.9. The molecule has 0 aliphatic rings. The van der Waals surface area contributed by atoms with Crippen LogP contribution >= 0.6 is 15.9 Å². The molecule has 20 heavy (non-hydrogen) atoms. The third-order valence-corrected chi connectivity index (χ3v) is 3.51. The van der Waals surface area contributed by atoms with Crippen molar-refractivity contribution in [3.8, 4) is 0 Å². The molecule has 4 heteroatoms. The number of rotatable bonds is 5. The summed E-state index contributed by atoms with van der Waals surface area (Å²) in [4.78, 5) is 16.4. The van der Waals surface area contributed by atoms with E-state index in [0.29, 0.717) is 5.69 Å². The van der Waals surface area contributed by atoms with Crippen LogP contribution in [0, 0.1) is 0 Å². The number of pyridine rings is 1. The van der Waals surface area contributed by atoms with Gasteiger partial charge in [0.1, 0.15) is 5.69 Å². The number of benzene rings is 1. The molecule has 0 fully saturated rings. The zero-order chi connectivity index (χ0) is 14.4. The summed E-state index contributed by atoms with van der Waals surface area (Å²) in [6, 6.07) is 13.6. The molecule has 1 aromatic carbocycles. The average molecular weight is 333 g/mol. The van der Waals surface area contributed by atoms with E-state index in [-0.39, 0.29) is 11.9 Å². The Morgan fingerprint density at radius 1 is 1.25 bits per heavy atom. The second kappa shape index (κ2) is 7.20. The van der Waals surface area contributed by atoms with Crippen LogP contribution in [-0.2, 0) is 0 Å². The van der Waals surface area contributed by atoms with E-state index in [1.165, 1.54) is 0 Å². The minimum atomic E-state index is -0.139. The van der Waals surface area contributed by atoms with Crippen molar-refractivity contribution in [1.29, 1.82) is 0 Å². The minimum Gasteiger partial charge on any atom is -0.344 e. The molecular formula is C16H17BrN2O. The van der Waals surface area contributed by atoms with Gasteiger partial charge in [-0.2, -0.15) is 0 Å². The van der Waals surface area contributed by atoms with Crippen molar-refractivity contribution in [2.75, 3.05) is 0 Å². The molecule has 1 heterocycles. The number of hydrogen-bond acceptors (Lipinski definition) is 2. The molecule has 0 aliphatic carbocycles. The number of halogens is 1. The SMILES string of the molecule is CCCC(NC(=O)c1ccc(Br)cn1)c1ccccc1. The number of carbonyl (C=O) groups is 1. The van der Waals surface area contributed by atoms with Crippen molar-refractivity contribution in [2.45, 2.75) is 25.8 Å². The molecule has 1 aromatic heterocycles. The van der Waals surface area contributed by atoms with E-state index >= 15 is 0 Å². The lowest BCUT2D eigenvalue weighted by molar-refractivity contribution is 0.0929. The molecule has 1 atom stereocenters. The van der Waals surface area contributed by atoms with Crippen LogP contribution in [0.1, 0.15) is 41.9 Å². The molecule has 0 saturated carbocycles. The first-order valence-electron chi connectivity index (χ1n) is 6.68. The summed E-state index contributed by atoms with van der Waals surface area (Å²) >= 11 is 3.31. The van der Waals surface area contributed by atoms with Crippen molar-refractivity contribution in [2.24, 2.45) is 0 Å². The van der Waals surface area contributed by atoms with Crippen LogP contribution in [0.15, 0.2) is 53.1 Å². The molecule has 1 N–H and O–H groups in total. The lowest BCUT2D eigenvalue weighted by Crippen LogP contribution is -2.29. The van der Waals surface area contributed by atoms with Gasteiger partial charge in [-0.25, -0.2) is 4.98 Å². The van der Waals surface area contributed by atoms with E-state index in [1.807, 2.05) is 36.4 Å². The van der Waals surface area contributed by atoms with Gasteiger partial charge >= 0.3 is 0 Å². The fraction of sp³-hybridized carbons (Fsp3) is 0.250. The highest BCUT2D eigenvalue weighted by Crippen LogP contribution is 2.18. The van der Waals surface area contributed by atoms with Gasteiger partial charge in [-0.15, -0.1) is 0 Å². The van der Waals surface area contributed by atoms with E-state index in [0.717, 1.165) is 22.9 Å². The highest BCUT2D eigenvalue weighted by Gasteiger charge is 2.15. The molecule has 104 valence electrons. The van der Waals surface area contributed by atoms with Crippen molar-refractivity contribution < 1.29 is 4.79 Å². The maximum atomic E-state index is 12.2. The molecule has 0 spiro atoms. The fourth-order valence-corrected chi connectivity index (χ4v) is 2.27. The third kappa shape index (κ3) is 3.90. The van der Waals surface area contributed by atoms with Crippen LogP contribution in [-0.4, -0.2) is 10.9 Å². The Balaban J connectivity index is 2.12. The van der Waals surface area contributed by atoms with Gasteiger partial charge < -0.3 is 5.32 Å². The molecule has 0 radical (unpaired) electrons. The number of amides is 1. The number of nitrogens with zero attached hydrogens (tertiary/aromatic N) is 1. The van der Waals surface area contributed by atoms with Gasteiger partial charge in [0.05, 0.1) is 6.04 Å². The van der Waals surface area contributed by atoms with E-state index in [4.69, 9.17) is 0 Å². The van der Waals surface area contributed by atoms with Crippen molar-refractivity contribution in [3.05, 3.63) is 64.4 Å². The van der Waals surface area contributed by atoms with Gasteiger partial charge in [-0.05, 0) is 40.0 Å². The maximum absolute atomic E-state index is 12.2. The van der Waals surface area contributed by atoms with Crippen LogP contribution in [0.4, 0.5) is 0 Å². The largest absolute Gasteiger partial charge is 0.344 e. The number of hydrogen-bond donors (Lipinski definition) is 1. The predicted molar refractivity (Wildman–Crippen MR) is 83.5 cm³/mol. The number of aromatic nitrogens is 1. The molecule has 1 unspecified atom stereocenters. The Labute approximate surface area is 127 Å². The summed E-state index contributed by atoms with van der Waals surface area (Å²) in [5, 5.41) is 3.05. The van der Waals surface area contributed by atoms with Gasteiger partial charge in [0.2, 0.25) is 0 Å².